The largest absolute Gasteiger partial charge is 0.350 e. The van der Waals surface area contributed by atoms with Crippen LogP contribution in [0.1, 0.15) is 60.9 Å². The molecular formula is C19H27N5O. The zero-order chi connectivity index (χ0) is 18.0. The van der Waals surface area contributed by atoms with Crippen molar-refractivity contribution in [2.24, 2.45) is 0 Å². The minimum absolute atomic E-state index is 0.00541. The molecule has 6 nitrogen and oxygen atoms in total. The molecule has 2 N–H and O–H groups in total. The van der Waals surface area contributed by atoms with E-state index < -0.39 is 0 Å². The first-order chi connectivity index (χ1) is 12.0. The summed E-state index contributed by atoms with van der Waals surface area (Å²) in [5, 5.41) is 6.46. The minimum atomic E-state index is -0.283. The van der Waals surface area contributed by atoms with E-state index in [-0.39, 0.29) is 17.9 Å². The summed E-state index contributed by atoms with van der Waals surface area (Å²) in [6, 6.07) is -0.283. The van der Waals surface area contributed by atoms with Gasteiger partial charge in [0, 0.05) is 43.3 Å². The molecule has 0 saturated heterocycles. The molecule has 2 aromatic heterocycles. The summed E-state index contributed by atoms with van der Waals surface area (Å²) >= 11 is 0. The Balaban J connectivity index is 1.73. The van der Waals surface area contributed by atoms with Gasteiger partial charge in [-0.05, 0) is 43.5 Å². The summed E-state index contributed by atoms with van der Waals surface area (Å²) in [5.41, 5.74) is 4.74. The number of hydrogen-bond donors (Lipinski definition) is 2. The number of aryl methyl sites for hydroxylation is 1. The summed E-state index contributed by atoms with van der Waals surface area (Å²) < 4.78 is 1.95. The highest BCUT2D eigenvalue weighted by Gasteiger charge is 2.21. The Labute approximate surface area is 149 Å². The molecule has 0 aromatic carbocycles. The number of carbonyl (C=O) groups is 1. The molecule has 0 spiro atoms. The van der Waals surface area contributed by atoms with Crippen LogP contribution in [-0.2, 0) is 24.3 Å². The lowest BCUT2D eigenvalue weighted by atomic mass is 9.96. The van der Waals surface area contributed by atoms with Crippen molar-refractivity contribution in [2.45, 2.75) is 59.2 Å². The summed E-state index contributed by atoms with van der Waals surface area (Å²) in [6.07, 6.45) is 6.57. The van der Waals surface area contributed by atoms with Crippen LogP contribution in [0.15, 0.2) is 18.6 Å². The van der Waals surface area contributed by atoms with Crippen molar-refractivity contribution in [3.05, 3.63) is 46.8 Å². The molecule has 0 bridgehead atoms. The SMILES string of the molecule is Cc1ncc2c(c1CNC(=O)C(C)n1ccnc1C(C)C)CCNC2. The molecule has 25 heavy (non-hydrogen) atoms. The van der Waals surface area contributed by atoms with Gasteiger partial charge in [-0.3, -0.25) is 9.78 Å². The second-order valence-corrected chi connectivity index (χ2v) is 6.99. The Hall–Kier alpha value is -2.21. The van der Waals surface area contributed by atoms with E-state index in [4.69, 9.17) is 0 Å². The molecule has 0 radical (unpaired) electrons. The van der Waals surface area contributed by atoms with Gasteiger partial charge in [-0.15, -0.1) is 0 Å². The third-order valence-corrected chi connectivity index (χ3v) is 4.92. The van der Waals surface area contributed by atoms with Gasteiger partial charge in [0.25, 0.3) is 0 Å². The van der Waals surface area contributed by atoms with Crippen LogP contribution in [0.25, 0.3) is 0 Å². The second kappa shape index (κ2) is 7.35. The zero-order valence-electron chi connectivity index (χ0n) is 15.5. The number of imidazole rings is 1. The standard InChI is InChI=1S/C19H27N5O/c1-12(2)18-21-7-8-24(18)14(4)19(25)23-11-17-13(3)22-10-15-9-20-6-5-16(15)17/h7-8,10,12,14,20H,5-6,9,11H2,1-4H3,(H,23,25). The Morgan fingerprint density at radius 1 is 1.36 bits per heavy atom. The Bertz CT molecular complexity index is 765. The summed E-state index contributed by atoms with van der Waals surface area (Å²) in [7, 11) is 0. The van der Waals surface area contributed by atoms with Gasteiger partial charge in [0.05, 0.1) is 0 Å². The van der Waals surface area contributed by atoms with Gasteiger partial charge >= 0.3 is 0 Å². The molecule has 1 amide bonds. The topological polar surface area (TPSA) is 71.8 Å². The molecule has 1 unspecified atom stereocenters. The van der Waals surface area contributed by atoms with Crippen molar-refractivity contribution in [1.82, 2.24) is 25.2 Å². The van der Waals surface area contributed by atoms with Gasteiger partial charge < -0.3 is 15.2 Å². The molecule has 0 fully saturated rings. The van der Waals surface area contributed by atoms with Gasteiger partial charge in [0.2, 0.25) is 5.91 Å². The van der Waals surface area contributed by atoms with Gasteiger partial charge in [0.1, 0.15) is 11.9 Å². The predicted molar refractivity (Wildman–Crippen MR) is 97.3 cm³/mol. The second-order valence-electron chi connectivity index (χ2n) is 6.99. The minimum Gasteiger partial charge on any atom is -0.350 e. The Kier molecular flexibility index (Phi) is 5.18. The molecule has 2 aromatic rings. The van der Waals surface area contributed by atoms with Gasteiger partial charge in [0.15, 0.2) is 0 Å². The van der Waals surface area contributed by atoms with E-state index >= 15 is 0 Å². The average Bonchev–Trinajstić information content (AvgIpc) is 3.10. The van der Waals surface area contributed by atoms with Crippen molar-refractivity contribution in [2.75, 3.05) is 6.54 Å². The van der Waals surface area contributed by atoms with Crippen molar-refractivity contribution in [3.8, 4) is 0 Å². The van der Waals surface area contributed by atoms with E-state index in [1.54, 1.807) is 6.20 Å². The molecule has 3 rings (SSSR count). The third-order valence-electron chi connectivity index (χ3n) is 4.92. The van der Waals surface area contributed by atoms with Crippen LogP contribution < -0.4 is 10.6 Å². The normalized spacial score (nSPS) is 15.1. The van der Waals surface area contributed by atoms with Crippen LogP contribution in [-0.4, -0.2) is 27.0 Å². The molecule has 134 valence electrons. The van der Waals surface area contributed by atoms with Crippen LogP contribution in [0.2, 0.25) is 0 Å². The highest BCUT2D eigenvalue weighted by molar-refractivity contribution is 5.80. The first-order valence-electron chi connectivity index (χ1n) is 8.96. The molecule has 1 atom stereocenters. The van der Waals surface area contributed by atoms with Crippen molar-refractivity contribution < 1.29 is 4.79 Å². The number of nitrogens with one attached hydrogen (secondary N) is 2. The van der Waals surface area contributed by atoms with Gasteiger partial charge in [-0.1, -0.05) is 13.8 Å². The molecule has 1 aliphatic rings. The van der Waals surface area contributed by atoms with Crippen molar-refractivity contribution in [3.63, 3.8) is 0 Å². The molecule has 1 aliphatic heterocycles. The van der Waals surface area contributed by atoms with E-state index in [2.05, 4.69) is 34.4 Å². The van der Waals surface area contributed by atoms with Crippen LogP contribution in [0.3, 0.4) is 0 Å². The molecule has 0 aliphatic carbocycles. The van der Waals surface area contributed by atoms with Crippen LogP contribution in [0, 0.1) is 6.92 Å². The number of rotatable bonds is 5. The molecule has 0 saturated carbocycles. The monoisotopic (exact) mass is 341 g/mol. The maximum Gasteiger partial charge on any atom is 0.243 e. The quantitative estimate of drug-likeness (QED) is 0.875. The number of fused-ring (bicyclic) bond motifs is 1. The maximum absolute atomic E-state index is 12.7. The van der Waals surface area contributed by atoms with Crippen LogP contribution >= 0.6 is 0 Å². The number of hydrogen-bond acceptors (Lipinski definition) is 4. The molecule has 6 heteroatoms. The summed E-state index contributed by atoms with van der Waals surface area (Å²) in [4.78, 5) is 21.5. The fourth-order valence-electron chi connectivity index (χ4n) is 3.43. The Morgan fingerprint density at radius 3 is 2.92 bits per heavy atom. The Morgan fingerprint density at radius 2 is 2.16 bits per heavy atom. The zero-order valence-corrected chi connectivity index (χ0v) is 15.5. The van der Waals surface area contributed by atoms with E-state index in [1.807, 2.05) is 30.8 Å². The van der Waals surface area contributed by atoms with E-state index in [1.165, 1.54) is 11.1 Å². The first-order valence-corrected chi connectivity index (χ1v) is 8.96. The lowest BCUT2D eigenvalue weighted by molar-refractivity contribution is -0.124. The number of pyridine rings is 1. The molecule has 3 heterocycles. The van der Waals surface area contributed by atoms with Crippen LogP contribution in [0.4, 0.5) is 0 Å². The number of carbonyl (C=O) groups excluding carboxylic acids is 1. The van der Waals surface area contributed by atoms with Crippen LogP contribution in [0.5, 0.6) is 0 Å². The fraction of sp³-hybridized carbons (Fsp3) is 0.526. The lowest BCUT2D eigenvalue weighted by Gasteiger charge is -2.22. The maximum atomic E-state index is 12.7. The summed E-state index contributed by atoms with van der Waals surface area (Å²) in [5.74, 6) is 1.22. The number of amides is 1. The van der Waals surface area contributed by atoms with Gasteiger partial charge in [-0.2, -0.15) is 0 Å². The first kappa shape index (κ1) is 17.6. The van der Waals surface area contributed by atoms with E-state index in [0.29, 0.717) is 6.54 Å². The third kappa shape index (κ3) is 3.58. The summed E-state index contributed by atoms with van der Waals surface area (Å²) in [6.45, 7) is 10.5. The fourth-order valence-corrected chi connectivity index (χ4v) is 3.43. The highest BCUT2D eigenvalue weighted by atomic mass is 16.2. The van der Waals surface area contributed by atoms with Gasteiger partial charge in [-0.25, -0.2) is 4.98 Å². The van der Waals surface area contributed by atoms with E-state index in [9.17, 15) is 4.79 Å². The average molecular weight is 341 g/mol. The lowest BCUT2D eigenvalue weighted by Crippen LogP contribution is -2.33. The van der Waals surface area contributed by atoms with Crippen molar-refractivity contribution in [1.29, 1.82) is 0 Å². The van der Waals surface area contributed by atoms with Crippen molar-refractivity contribution >= 4 is 5.91 Å². The predicted octanol–water partition coefficient (Wildman–Crippen LogP) is 2.23. The molecular weight excluding hydrogens is 314 g/mol. The number of aromatic nitrogens is 3. The highest BCUT2D eigenvalue weighted by Crippen LogP contribution is 2.21. The number of nitrogens with zero attached hydrogens (tertiary/aromatic N) is 3. The van der Waals surface area contributed by atoms with E-state index in [0.717, 1.165) is 36.6 Å². The smallest absolute Gasteiger partial charge is 0.243 e.